The van der Waals surface area contributed by atoms with E-state index in [-0.39, 0.29) is 17.1 Å². The van der Waals surface area contributed by atoms with Gasteiger partial charge in [-0.25, -0.2) is 39.9 Å². The molecule has 18 rings (SSSR count). The van der Waals surface area contributed by atoms with Gasteiger partial charge >= 0.3 is 17.1 Å². The van der Waals surface area contributed by atoms with Crippen LogP contribution in [0.25, 0.3) is 179 Å². The van der Waals surface area contributed by atoms with Crippen LogP contribution in [0.2, 0.25) is 0 Å². The molecule has 16 bridgehead atoms. The van der Waals surface area contributed by atoms with E-state index in [1.54, 1.807) is 0 Å². The van der Waals surface area contributed by atoms with Crippen molar-refractivity contribution in [2.45, 2.75) is 0 Å². The van der Waals surface area contributed by atoms with Crippen LogP contribution in [-0.4, -0.2) is 69.8 Å². The molecule has 10 heterocycles. The van der Waals surface area contributed by atoms with Crippen molar-refractivity contribution in [3.63, 3.8) is 0 Å². The smallest absolute Gasteiger partial charge is 0.357 e. The number of aromatic nitrogens is 16. The summed E-state index contributed by atoms with van der Waals surface area (Å²) in [5.41, 5.74) is 12.2. The summed E-state index contributed by atoms with van der Waals surface area (Å²) < 4.78 is 0. The van der Waals surface area contributed by atoms with E-state index in [1.165, 1.54) is 0 Å². The zero-order valence-electron chi connectivity index (χ0n) is 42.0. The number of aromatic amines is 2. The van der Waals surface area contributed by atoms with Crippen molar-refractivity contribution in [1.29, 1.82) is 0 Å². The summed E-state index contributed by atoms with van der Waals surface area (Å²) in [6.07, 6.45) is 0. The minimum absolute atomic E-state index is 0. The summed E-state index contributed by atoms with van der Waals surface area (Å²) in [6.45, 7) is 0. The number of nitrogens with one attached hydrogen (secondary N) is 2. The molecule has 4 aliphatic heterocycles. The maximum atomic E-state index is 5.02. The Morgan fingerprint density at radius 2 is 0.370 bits per heavy atom. The molecule has 17 heteroatoms. The monoisotopic (exact) mass is 1090 g/mol. The predicted molar refractivity (Wildman–Crippen MR) is 310 cm³/mol. The van der Waals surface area contributed by atoms with Gasteiger partial charge in [0.1, 0.15) is 22.6 Å². The van der Waals surface area contributed by atoms with E-state index in [0.29, 0.717) is 91.8 Å². The van der Waals surface area contributed by atoms with Gasteiger partial charge in [-0.3, -0.25) is 0 Å². The van der Waals surface area contributed by atoms with Crippen LogP contribution in [0.15, 0.2) is 194 Å². The predicted octanol–water partition coefficient (Wildman–Crippen LogP) is 13.0. The fourth-order valence-corrected chi connectivity index (χ4v) is 11.0. The number of hydrogen-bond donors (Lipinski definition) is 2. The molecule has 0 saturated carbocycles. The number of rotatable bonds is 0. The summed E-state index contributed by atoms with van der Waals surface area (Å²) >= 11 is 0. The summed E-state index contributed by atoms with van der Waals surface area (Å²) in [6, 6.07) is 64.1. The third-order valence-electron chi connectivity index (χ3n) is 14.8. The SMILES string of the molecule is [Cu+2].c1ccc2c(c1)-c1nc-2nc2[n-]c(nc3nc(nc4[n-]c(n1)c1ccccc41)-c1ccccc1-3)c1ccccc21.c1ccc2c(c1)-c1nc-2nc2[nH]c(nc3nc(nc4[nH]c(n1)c1ccccc41)-c1ccccc1-3)c1ccccc21. The Balaban J connectivity index is 0.000000132. The Labute approximate surface area is 467 Å². The number of nitrogens with zero attached hydrogens (tertiary/aromatic N) is 14. The molecule has 4 aliphatic rings. The Kier molecular flexibility index (Phi) is 10.3. The normalized spacial score (nSPS) is 11.9. The van der Waals surface area contributed by atoms with E-state index in [2.05, 4.69) is 9.97 Å². The zero-order chi connectivity index (χ0) is 52.4. The molecular weight excluding hydrogens is 1060 g/mol. The zero-order valence-corrected chi connectivity index (χ0v) is 43.0. The maximum absolute atomic E-state index is 5.02. The average Bonchev–Trinajstić information content (AvgIpc) is 4.53. The van der Waals surface area contributed by atoms with E-state index in [9.17, 15) is 0 Å². The molecule has 0 unspecified atom stereocenters. The minimum atomic E-state index is 0. The average molecular weight is 1090 g/mol. The first kappa shape index (κ1) is 46.1. The summed E-state index contributed by atoms with van der Waals surface area (Å²) in [7, 11) is 0. The van der Waals surface area contributed by atoms with Gasteiger partial charge in [0.15, 0.2) is 23.3 Å². The Hall–Kier alpha value is -11.0. The van der Waals surface area contributed by atoms with Gasteiger partial charge < -0.3 is 39.9 Å². The van der Waals surface area contributed by atoms with Crippen molar-refractivity contribution in [1.82, 2.24) is 79.7 Å². The van der Waals surface area contributed by atoms with Gasteiger partial charge in [-0.05, 0) is 21.5 Å². The molecule has 16 nitrogen and oxygen atoms in total. The van der Waals surface area contributed by atoms with Crippen molar-refractivity contribution < 1.29 is 17.1 Å². The fourth-order valence-electron chi connectivity index (χ4n) is 11.0. The summed E-state index contributed by atoms with van der Waals surface area (Å²) in [5, 5.41) is 7.39. The first-order chi connectivity index (χ1) is 39.6. The molecule has 0 fully saturated rings. The molecule has 0 spiro atoms. The van der Waals surface area contributed by atoms with Crippen molar-refractivity contribution >= 4 is 88.3 Å². The third-order valence-corrected chi connectivity index (χ3v) is 14.8. The van der Waals surface area contributed by atoms with Crippen molar-refractivity contribution in [2.75, 3.05) is 0 Å². The summed E-state index contributed by atoms with van der Waals surface area (Å²) in [4.78, 5) is 76.0. The topological polar surface area (TPSA) is 214 Å². The second kappa shape index (κ2) is 18.0. The van der Waals surface area contributed by atoms with E-state index in [1.807, 2.05) is 194 Å². The van der Waals surface area contributed by atoms with E-state index < -0.39 is 0 Å². The Morgan fingerprint density at radius 1 is 0.198 bits per heavy atom. The first-order valence-electron chi connectivity index (χ1n) is 25.9. The van der Waals surface area contributed by atoms with Crippen LogP contribution in [0.3, 0.4) is 0 Å². The number of fused-ring (bicyclic) bond motifs is 40. The van der Waals surface area contributed by atoms with Gasteiger partial charge in [-0.2, -0.15) is 0 Å². The van der Waals surface area contributed by atoms with Gasteiger partial charge in [0.2, 0.25) is 0 Å². The number of hydrogen-bond acceptors (Lipinski definition) is 12. The van der Waals surface area contributed by atoms with Gasteiger partial charge in [0, 0.05) is 88.6 Å². The van der Waals surface area contributed by atoms with Crippen LogP contribution in [0.5, 0.6) is 0 Å². The van der Waals surface area contributed by atoms with Crippen molar-refractivity contribution in [3.8, 4) is 91.1 Å². The molecule has 1 radical (unpaired) electrons. The van der Waals surface area contributed by atoms with E-state index in [0.717, 1.165) is 87.6 Å². The molecule has 0 atom stereocenters. The molecule has 14 aromatic rings. The number of benzene rings is 8. The van der Waals surface area contributed by atoms with Crippen LogP contribution in [0.4, 0.5) is 0 Å². The molecule has 0 aliphatic carbocycles. The molecule has 381 valence electrons. The molecule has 2 N–H and O–H groups in total. The molecule has 81 heavy (non-hydrogen) atoms. The van der Waals surface area contributed by atoms with Gasteiger partial charge in [0.05, 0.1) is 23.3 Å². The second-order valence-corrected chi connectivity index (χ2v) is 19.5. The van der Waals surface area contributed by atoms with Crippen LogP contribution in [0, 0.1) is 0 Å². The van der Waals surface area contributed by atoms with E-state index >= 15 is 0 Å². The molecule has 6 aromatic heterocycles. The van der Waals surface area contributed by atoms with Crippen molar-refractivity contribution in [3.05, 3.63) is 194 Å². The Morgan fingerprint density at radius 3 is 0.580 bits per heavy atom. The fraction of sp³-hybridized carbons (Fsp3) is 0. The summed E-state index contributed by atoms with van der Waals surface area (Å²) in [5.74, 6) is 4.60. The van der Waals surface area contributed by atoms with Gasteiger partial charge in [0.25, 0.3) is 0 Å². The van der Waals surface area contributed by atoms with Crippen LogP contribution in [-0.2, 0) is 17.1 Å². The number of H-pyrrole nitrogens is 2. The van der Waals surface area contributed by atoms with Crippen LogP contribution >= 0.6 is 0 Å². The minimum Gasteiger partial charge on any atom is -0.357 e. The van der Waals surface area contributed by atoms with Gasteiger partial charge in [-0.1, -0.05) is 194 Å². The maximum Gasteiger partial charge on any atom is 2.00 e. The largest absolute Gasteiger partial charge is 2.00 e. The third kappa shape index (κ3) is 7.37. The molecule has 0 saturated heterocycles. The molecular formula is C64H34CuN16. The molecule has 0 amide bonds. The quantitative estimate of drug-likeness (QED) is 0.135. The van der Waals surface area contributed by atoms with Gasteiger partial charge in [-0.15, -0.1) is 0 Å². The van der Waals surface area contributed by atoms with Crippen LogP contribution in [0.1, 0.15) is 0 Å². The van der Waals surface area contributed by atoms with Crippen LogP contribution < -0.4 is 9.97 Å². The standard InChI is InChI=1S/C32H18N8.C32H16N8.Cu/c2*1-2-10-18-17(9-1)25-33-26(18)38-28-21-13-5-6-14-22(21)30(35-28)40-32-24-16-8-7-15-23(24)31(36-32)39-29-20-12-4-3-11-19(20)27(34-29)37-25;/h1-16H,(H2,33,34,35,36,37,38,39,40);1-16H;/q;-2;+2. The van der Waals surface area contributed by atoms with E-state index in [4.69, 9.17) is 69.8 Å². The molecule has 8 aromatic carbocycles. The first-order valence-corrected chi connectivity index (χ1v) is 25.9. The second-order valence-electron chi connectivity index (χ2n) is 19.5. The van der Waals surface area contributed by atoms with Crippen molar-refractivity contribution in [2.24, 2.45) is 0 Å². The Bertz CT molecular complexity index is 4390.